The van der Waals surface area contributed by atoms with Crippen molar-refractivity contribution in [1.82, 2.24) is 5.32 Å². The topological polar surface area (TPSA) is 52.5 Å². The van der Waals surface area contributed by atoms with E-state index in [4.69, 9.17) is 0 Å². The van der Waals surface area contributed by atoms with E-state index in [-0.39, 0.29) is 11.5 Å². The van der Waals surface area contributed by atoms with Crippen LogP contribution in [0.2, 0.25) is 0 Å². The van der Waals surface area contributed by atoms with Crippen LogP contribution in [0.15, 0.2) is 30.3 Å². The Kier molecular flexibility index (Phi) is 2.15. The minimum atomic E-state index is -0.0430. The third kappa shape index (κ3) is 1.42. The molecule has 19 heavy (non-hydrogen) atoms. The number of phenolic OH excluding ortho intramolecular Hbond substituents is 2. The minimum absolute atomic E-state index is 0.00919. The van der Waals surface area contributed by atoms with Gasteiger partial charge in [0.1, 0.15) is 0 Å². The number of nitrogens with one attached hydrogen (secondary N) is 1. The van der Waals surface area contributed by atoms with Gasteiger partial charge in [0.2, 0.25) is 0 Å². The summed E-state index contributed by atoms with van der Waals surface area (Å²) in [7, 11) is 0. The number of hydrogen-bond donors (Lipinski definition) is 3. The van der Waals surface area contributed by atoms with Crippen molar-refractivity contribution in [3.63, 3.8) is 0 Å². The van der Waals surface area contributed by atoms with Crippen LogP contribution in [0, 0.1) is 0 Å². The minimum Gasteiger partial charge on any atom is -0.504 e. The molecule has 0 fully saturated rings. The Balaban J connectivity index is 2.06. The SMILES string of the molecule is Oc1ccc2c(c1O)-c1cccc3c1[C@H](C2)NCC3. The van der Waals surface area contributed by atoms with Crippen LogP contribution in [0.1, 0.15) is 22.7 Å². The molecule has 3 N–H and O–H groups in total. The standard InChI is InChI=1S/C16H15NO2/c18-13-5-4-10-8-12-14-9(6-7-17-12)2-1-3-11(14)15(10)16(13)19/h1-5,12,17-19H,6-8H2/t12-/m0/s1. The summed E-state index contributed by atoms with van der Waals surface area (Å²) in [5.74, 6) is -0.0338. The highest BCUT2D eigenvalue weighted by Crippen LogP contribution is 2.48. The van der Waals surface area contributed by atoms with Crippen LogP contribution in [0.3, 0.4) is 0 Å². The molecule has 0 radical (unpaired) electrons. The lowest BCUT2D eigenvalue weighted by Crippen LogP contribution is -2.33. The first kappa shape index (κ1) is 10.9. The maximum absolute atomic E-state index is 10.2. The molecular weight excluding hydrogens is 238 g/mol. The van der Waals surface area contributed by atoms with Gasteiger partial charge in [0.05, 0.1) is 0 Å². The third-order valence-corrected chi connectivity index (χ3v) is 4.27. The number of aromatic hydroxyl groups is 2. The maximum atomic E-state index is 10.2. The first-order chi connectivity index (χ1) is 9.25. The highest BCUT2D eigenvalue weighted by Gasteiger charge is 2.31. The molecule has 0 spiro atoms. The van der Waals surface area contributed by atoms with Gasteiger partial charge in [-0.25, -0.2) is 0 Å². The largest absolute Gasteiger partial charge is 0.504 e. The van der Waals surface area contributed by atoms with Gasteiger partial charge in [0, 0.05) is 11.6 Å². The number of fused-ring (bicyclic) bond motifs is 2. The van der Waals surface area contributed by atoms with E-state index in [1.54, 1.807) is 6.07 Å². The summed E-state index contributed by atoms with van der Waals surface area (Å²) in [6.45, 7) is 1.00. The van der Waals surface area contributed by atoms with Gasteiger partial charge >= 0.3 is 0 Å². The second-order valence-corrected chi connectivity index (χ2v) is 5.31. The summed E-state index contributed by atoms with van der Waals surface area (Å²) in [4.78, 5) is 0. The Morgan fingerprint density at radius 1 is 1.05 bits per heavy atom. The average Bonchev–Trinajstić information content (AvgIpc) is 2.43. The molecule has 0 unspecified atom stereocenters. The van der Waals surface area contributed by atoms with E-state index in [1.807, 2.05) is 18.2 Å². The van der Waals surface area contributed by atoms with Gasteiger partial charge in [-0.3, -0.25) is 0 Å². The Bertz CT molecular complexity index is 679. The van der Waals surface area contributed by atoms with Gasteiger partial charge in [-0.2, -0.15) is 0 Å². The lowest BCUT2D eigenvalue weighted by molar-refractivity contribution is 0.403. The van der Waals surface area contributed by atoms with E-state index < -0.39 is 0 Å². The van der Waals surface area contributed by atoms with E-state index in [0.717, 1.165) is 36.1 Å². The van der Waals surface area contributed by atoms with E-state index in [9.17, 15) is 10.2 Å². The number of hydrogen-bond acceptors (Lipinski definition) is 3. The van der Waals surface area contributed by atoms with E-state index in [0.29, 0.717) is 6.04 Å². The van der Waals surface area contributed by atoms with Crippen LogP contribution in [-0.4, -0.2) is 16.8 Å². The van der Waals surface area contributed by atoms with Crippen molar-refractivity contribution >= 4 is 0 Å². The molecule has 2 aromatic carbocycles. The Morgan fingerprint density at radius 3 is 2.84 bits per heavy atom. The molecule has 1 aliphatic heterocycles. The molecule has 1 aliphatic carbocycles. The van der Waals surface area contributed by atoms with Gasteiger partial charge < -0.3 is 15.5 Å². The van der Waals surface area contributed by atoms with Crippen LogP contribution in [0.5, 0.6) is 11.5 Å². The van der Waals surface area contributed by atoms with Crippen LogP contribution < -0.4 is 5.32 Å². The second kappa shape index (κ2) is 3.75. The smallest absolute Gasteiger partial charge is 0.165 e. The van der Waals surface area contributed by atoms with Crippen molar-refractivity contribution in [2.45, 2.75) is 18.9 Å². The molecule has 1 heterocycles. The molecule has 3 nitrogen and oxygen atoms in total. The van der Waals surface area contributed by atoms with E-state index in [1.165, 1.54) is 11.1 Å². The lowest BCUT2D eigenvalue weighted by atomic mass is 9.77. The van der Waals surface area contributed by atoms with E-state index in [2.05, 4.69) is 11.4 Å². The Labute approximate surface area is 111 Å². The fourth-order valence-electron chi connectivity index (χ4n) is 3.43. The lowest BCUT2D eigenvalue weighted by Gasteiger charge is -2.34. The van der Waals surface area contributed by atoms with Crippen LogP contribution in [0.4, 0.5) is 0 Å². The van der Waals surface area contributed by atoms with Crippen LogP contribution in [0.25, 0.3) is 11.1 Å². The molecule has 0 bridgehead atoms. The molecule has 2 aliphatic rings. The first-order valence-electron chi connectivity index (χ1n) is 6.65. The second-order valence-electron chi connectivity index (χ2n) is 5.31. The van der Waals surface area contributed by atoms with Crippen LogP contribution in [-0.2, 0) is 12.8 Å². The molecule has 3 heteroatoms. The zero-order valence-corrected chi connectivity index (χ0v) is 10.5. The molecule has 0 aromatic heterocycles. The Morgan fingerprint density at radius 2 is 1.95 bits per heavy atom. The molecule has 0 saturated carbocycles. The van der Waals surface area contributed by atoms with Gasteiger partial charge in [-0.1, -0.05) is 24.3 Å². The number of benzene rings is 2. The highest BCUT2D eigenvalue weighted by atomic mass is 16.3. The molecular formula is C16H15NO2. The molecule has 2 aromatic rings. The third-order valence-electron chi connectivity index (χ3n) is 4.27. The highest BCUT2D eigenvalue weighted by molar-refractivity contribution is 5.82. The number of phenols is 2. The fourth-order valence-corrected chi connectivity index (χ4v) is 3.43. The predicted octanol–water partition coefficient (Wildman–Crippen LogP) is 2.51. The van der Waals surface area contributed by atoms with Crippen LogP contribution >= 0.6 is 0 Å². The molecule has 96 valence electrons. The summed E-state index contributed by atoms with van der Waals surface area (Å²) < 4.78 is 0. The molecule has 0 saturated heterocycles. The normalized spacial score (nSPS) is 19.7. The van der Waals surface area contributed by atoms with Gasteiger partial charge in [0.15, 0.2) is 11.5 Å². The monoisotopic (exact) mass is 253 g/mol. The zero-order valence-electron chi connectivity index (χ0n) is 10.5. The van der Waals surface area contributed by atoms with Crippen molar-refractivity contribution in [3.05, 3.63) is 47.0 Å². The van der Waals surface area contributed by atoms with Crippen molar-refractivity contribution in [3.8, 4) is 22.6 Å². The predicted molar refractivity (Wildman–Crippen MR) is 73.4 cm³/mol. The van der Waals surface area contributed by atoms with Gasteiger partial charge in [-0.05, 0) is 47.7 Å². The molecule has 4 rings (SSSR count). The summed E-state index contributed by atoms with van der Waals surface area (Å²) in [5, 5.41) is 23.5. The van der Waals surface area contributed by atoms with Gasteiger partial charge in [-0.15, -0.1) is 0 Å². The summed E-state index contributed by atoms with van der Waals surface area (Å²) in [5.41, 5.74) is 5.61. The summed E-state index contributed by atoms with van der Waals surface area (Å²) in [6.07, 6.45) is 1.89. The zero-order chi connectivity index (χ0) is 13.0. The number of rotatable bonds is 0. The van der Waals surface area contributed by atoms with E-state index >= 15 is 0 Å². The van der Waals surface area contributed by atoms with Gasteiger partial charge in [0.25, 0.3) is 0 Å². The summed E-state index contributed by atoms with van der Waals surface area (Å²) >= 11 is 0. The fraction of sp³-hybridized carbons (Fsp3) is 0.250. The van der Waals surface area contributed by atoms with Crippen molar-refractivity contribution in [2.24, 2.45) is 0 Å². The molecule has 0 amide bonds. The quantitative estimate of drug-likeness (QED) is 0.632. The van der Waals surface area contributed by atoms with Crippen molar-refractivity contribution in [1.29, 1.82) is 0 Å². The average molecular weight is 253 g/mol. The summed E-state index contributed by atoms with van der Waals surface area (Å²) in [6, 6.07) is 10.1. The van der Waals surface area contributed by atoms with Crippen molar-refractivity contribution < 1.29 is 10.2 Å². The molecule has 1 atom stereocenters. The Hall–Kier alpha value is -2.00. The van der Waals surface area contributed by atoms with Crippen molar-refractivity contribution in [2.75, 3.05) is 6.54 Å². The first-order valence-corrected chi connectivity index (χ1v) is 6.65. The maximum Gasteiger partial charge on any atom is 0.165 e.